The molecule has 0 aliphatic heterocycles. The maximum atomic E-state index is 5.55. The highest BCUT2D eigenvalue weighted by Crippen LogP contribution is 2.38. The van der Waals surface area contributed by atoms with Crippen LogP contribution in [0.5, 0.6) is 5.75 Å². The van der Waals surface area contributed by atoms with Crippen molar-refractivity contribution in [2.45, 2.75) is 18.7 Å². The van der Waals surface area contributed by atoms with Gasteiger partial charge in [0, 0.05) is 4.47 Å². The lowest BCUT2D eigenvalue weighted by Crippen LogP contribution is -1.98. The van der Waals surface area contributed by atoms with Crippen LogP contribution in [0.1, 0.15) is 28.4 Å². The fraction of sp³-hybridized carbons (Fsp3) is 0.250. The van der Waals surface area contributed by atoms with Crippen LogP contribution in [0.4, 0.5) is 0 Å². The maximum absolute atomic E-state index is 5.55. The molecule has 106 valence electrons. The van der Waals surface area contributed by atoms with E-state index in [9.17, 15) is 0 Å². The van der Waals surface area contributed by atoms with Gasteiger partial charge < -0.3 is 4.74 Å². The largest absolute Gasteiger partial charge is 0.493 e. The molecule has 20 heavy (non-hydrogen) atoms. The topological polar surface area (TPSA) is 9.23 Å². The first-order valence-electron chi connectivity index (χ1n) is 6.36. The Bertz CT molecular complexity index is 611. The second-order valence-corrected chi connectivity index (χ2v) is 7.06. The standard InChI is InChI=1S/C16H15Br3O/c1-3-20-15-8-7-11(9-14(15)18)16(19)12-5-4-6-13(17)10(12)2/h4-9,16H,3H2,1-2H3. The van der Waals surface area contributed by atoms with Crippen LogP contribution in [0.25, 0.3) is 0 Å². The lowest BCUT2D eigenvalue weighted by Gasteiger charge is -2.16. The summed E-state index contributed by atoms with van der Waals surface area (Å²) in [5, 5.41) is 0. The Morgan fingerprint density at radius 3 is 2.50 bits per heavy atom. The van der Waals surface area contributed by atoms with Gasteiger partial charge in [0.2, 0.25) is 0 Å². The van der Waals surface area contributed by atoms with Crippen LogP contribution in [0.15, 0.2) is 45.3 Å². The monoisotopic (exact) mass is 460 g/mol. The van der Waals surface area contributed by atoms with E-state index in [1.54, 1.807) is 0 Å². The van der Waals surface area contributed by atoms with Crippen molar-refractivity contribution in [3.63, 3.8) is 0 Å². The van der Waals surface area contributed by atoms with Crippen LogP contribution in [0, 0.1) is 6.92 Å². The van der Waals surface area contributed by atoms with Crippen LogP contribution in [-0.2, 0) is 0 Å². The van der Waals surface area contributed by atoms with E-state index in [0.29, 0.717) is 6.61 Å². The number of hydrogen-bond donors (Lipinski definition) is 0. The Kier molecular flexibility index (Phi) is 5.70. The molecule has 2 aromatic rings. The minimum absolute atomic E-state index is 0.159. The van der Waals surface area contributed by atoms with E-state index in [4.69, 9.17) is 4.74 Å². The van der Waals surface area contributed by atoms with Crippen molar-refractivity contribution in [1.29, 1.82) is 0 Å². The minimum Gasteiger partial charge on any atom is -0.493 e. The predicted molar refractivity (Wildman–Crippen MR) is 95.0 cm³/mol. The van der Waals surface area contributed by atoms with Crippen LogP contribution < -0.4 is 4.74 Å². The van der Waals surface area contributed by atoms with Gasteiger partial charge in [0.15, 0.2) is 0 Å². The molecule has 0 saturated carbocycles. The summed E-state index contributed by atoms with van der Waals surface area (Å²) in [5.74, 6) is 0.877. The molecule has 0 bridgehead atoms. The number of hydrogen-bond acceptors (Lipinski definition) is 1. The molecule has 0 aromatic heterocycles. The summed E-state index contributed by atoms with van der Waals surface area (Å²) >= 11 is 10.9. The number of halogens is 3. The Labute approximate surface area is 145 Å². The predicted octanol–water partition coefficient (Wildman–Crippen LogP) is 6.40. The van der Waals surface area contributed by atoms with Gasteiger partial charge in [-0.3, -0.25) is 0 Å². The summed E-state index contributed by atoms with van der Waals surface area (Å²) in [6, 6.07) is 12.5. The average Bonchev–Trinajstić information content (AvgIpc) is 2.43. The fourth-order valence-corrected chi connectivity index (χ4v) is 3.70. The van der Waals surface area contributed by atoms with Gasteiger partial charge in [-0.15, -0.1) is 0 Å². The zero-order valence-electron chi connectivity index (χ0n) is 11.3. The highest BCUT2D eigenvalue weighted by molar-refractivity contribution is 9.11. The van der Waals surface area contributed by atoms with Crippen molar-refractivity contribution < 1.29 is 4.74 Å². The van der Waals surface area contributed by atoms with Crippen molar-refractivity contribution in [1.82, 2.24) is 0 Å². The summed E-state index contributed by atoms with van der Waals surface area (Å²) in [5.41, 5.74) is 3.70. The third-order valence-electron chi connectivity index (χ3n) is 3.13. The third-order valence-corrected chi connectivity index (χ3v) is 5.63. The molecule has 0 heterocycles. The van der Waals surface area contributed by atoms with Crippen molar-refractivity contribution in [2.24, 2.45) is 0 Å². The molecule has 1 atom stereocenters. The van der Waals surface area contributed by atoms with Gasteiger partial charge in [-0.05, 0) is 64.7 Å². The number of ether oxygens (including phenoxy) is 1. The van der Waals surface area contributed by atoms with Gasteiger partial charge in [-0.1, -0.05) is 50.1 Å². The number of rotatable bonds is 4. The van der Waals surface area contributed by atoms with Gasteiger partial charge >= 0.3 is 0 Å². The van der Waals surface area contributed by atoms with Gasteiger partial charge in [-0.25, -0.2) is 0 Å². The van der Waals surface area contributed by atoms with Gasteiger partial charge in [0.1, 0.15) is 5.75 Å². The summed E-state index contributed by atoms with van der Waals surface area (Å²) < 4.78 is 7.66. The zero-order valence-corrected chi connectivity index (χ0v) is 16.0. The van der Waals surface area contributed by atoms with Gasteiger partial charge in [0.25, 0.3) is 0 Å². The lowest BCUT2D eigenvalue weighted by molar-refractivity contribution is 0.338. The van der Waals surface area contributed by atoms with Crippen LogP contribution in [0.2, 0.25) is 0 Å². The molecule has 1 unspecified atom stereocenters. The van der Waals surface area contributed by atoms with Crippen LogP contribution in [-0.4, -0.2) is 6.61 Å². The molecule has 4 heteroatoms. The fourth-order valence-electron chi connectivity index (χ4n) is 2.03. The highest BCUT2D eigenvalue weighted by Gasteiger charge is 2.15. The second kappa shape index (κ2) is 7.10. The third kappa shape index (κ3) is 3.46. The van der Waals surface area contributed by atoms with Gasteiger partial charge in [0.05, 0.1) is 15.9 Å². The Morgan fingerprint density at radius 2 is 1.85 bits per heavy atom. The molecule has 0 aliphatic rings. The molecule has 2 rings (SSSR count). The summed E-state index contributed by atoms with van der Waals surface area (Å²) in [6.45, 7) is 4.77. The molecule has 1 nitrogen and oxygen atoms in total. The van der Waals surface area contributed by atoms with Gasteiger partial charge in [-0.2, -0.15) is 0 Å². The molecule has 0 saturated heterocycles. The van der Waals surface area contributed by atoms with Crippen molar-refractivity contribution in [2.75, 3.05) is 6.61 Å². The zero-order chi connectivity index (χ0) is 14.7. The minimum atomic E-state index is 0.159. The number of alkyl halides is 1. The second-order valence-electron chi connectivity index (χ2n) is 4.44. The molecule has 0 amide bonds. The molecule has 0 radical (unpaired) electrons. The van der Waals surface area contributed by atoms with E-state index < -0.39 is 0 Å². The van der Waals surface area contributed by atoms with Crippen molar-refractivity contribution in [3.05, 3.63) is 62.0 Å². The van der Waals surface area contributed by atoms with E-state index in [1.165, 1.54) is 16.7 Å². The van der Waals surface area contributed by atoms with E-state index in [-0.39, 0.29) is 4.83 Å². The molecule has 0 spiro atoms. The highest BCUT2D eigenvalue weighted by atomic mass is 79.9. The molecule has 2 aromatic carbocycles. The van der Waals surface area contributed by atoms with Crippen LogP contribution >= 0.6 is 47.8 Å². The summed E-state index contributed by atoms with van der Waals surface area (Å²) in [4.78, 5) is 0.159. The summed E-state index contributed by atoms with van der Waals surface area (Å²) in [7, 11) is 0. The van der Waals surface area contributed by atoms with E-state index in [2.05, 4.69) is 85.0 Å². The molecular weight excluding hydrogens is 448 g/mol. The lowest BCUT2D eigenvalue weighted by atomic mass is 10.0. The van der Waals surface area contributed by atoms with Crippen molar-refractivity contribution >= 4 is 47.8 Å². The smallest absolute Gasteiger partial charge is 0.133 e. The molecular formula is C16H15Br3O. The Morgan fingerprint density at radius 1 is 1.10 bits per heavy atom. The Hall–Kier alpha value is -0.320. The van der Waals surface area contributed by atoms with E-state index in [1.807, 2.05) is 13.0 Å². The molecule has 0 fully saturated rings. The van der Waals surface area contributed by atoms with E-state index >= 15 is 0 Å². The molecule has 0 aliphatic carbocycles. The first-order chi connectivity index (χ1) is 9.54. The maximum Gasteiger partial charge on any atom is 0.133 e. The first kappa shape index (κ1) is 16.1. The Balaban J connectivity index is 2.36. The van der Waals surface area contributed by atoms with Crippen molar-refractivity contribution in [3.8, 4) is 5.75 Å². The normalized spacial score (nSPS) is 12.2. The quantitative estimate of drug-likeness (QED) is 0.477. The molecule has 0 N–H and O–H groups in total. The van der Waals surface area contributed by atoms with E-state index in [0.717, 1.165) is 14.7 Å². The van der Waals surface area contributed by atoms with Crippen LogP contribution in [0.3, 0.4) is 0 Å². The first-order valence-corrected chi connectivity index (χ1v) is 8.86. The SMILES string of the molecule is CCOc1ccc(C(Br)c2cccc(Br)c2C)cc1Br. The average molecular weight is 463 g/mol. The summed E-state index contributed by atoms with van der Waals surface area (Å²) in [6.07, 6.45) is 0. The number of benzene rings is 2.